The summed E-state index contributed by atoms with van der Waals surface area (Å²) in [7, 11) is 1.50. The number of aryl methyl sites for hydroxylation is 1. The van der Waals surface area contributed by atoms with Gasteiger partial charge in [0.1, 0.15) is 0 Å². The van der Waals surface area contributed by atoms with Crippen LogP contribution < -0.4 is 5.73 Å². The number of fused-ring (bicyclic) bond motifs is 2. The van der Waals surface area contributed by atoms with E-state index in [4.69, 9.17) is 0 Å². The summed E-state index contributed by atoms with van der Waals surface area (Å²) in [5.74, 6) is 0. The van der Waals surface area contributed by atoms with Gasteiger partial charge in [0.2, 0.25) is 0 Å². The van der Waals surface area contributed by atoms with E-state index in [9.17, 15) is 0 Å². The van der Waals surface area contributed by atoms with Crippen molar-refractivity contribution in [3.8, 4) is 0 Å². The molecule has 1 nitrogen and oxygen atoms in total. The Labute approximate surface area is 102 Å². The van der Waals surface area contributed by atoms with Gasteiger partial charge in [-0.15, -0.1) is 0 Å². The third kappa shape index (κ3) is 2.02. The standard InChI is InChI=1S/C15H12.CH5N/c1-11-14-8-4-2-6-12(14)10-13-7-3-5-9-15(11)13;1-2/h2-10H,1H3;2H2,1H3. The van der Waals surface area contributed by atoms with E-state index in [1.54, 1.807) is 0 Å². The molecule has 0 radical (unpaired) electrons. The zero-order valence-electron chi connectivity index (χ0n) is 10.3. The molecule has 86 valence electrons. The zero-order valence-corrected chi connectivity index (χ0v) is 10.3. The van der Waals surface area contributed by atoms with Crippen molar-refractivity contribution < 1.29 is 0 Å². The van der Waals surface area contributed by atoms with Gasteiger partial charge in [0.05, 0.1) is 0 Å². The number of benzene rings is 3. The summed E-state index contributed by atoms with van der Waals surface area (Å²) in [5.41, 5.74) is 5.88. The molecule has 3 aromatic carbocycles. The highest BCUT2D eigenvalue weighted by Crippen LogP contribution is 2.27. The van der Waals surface area contributed by atoms with E-state index in [-0.39, 0.29) is 0 Å². The Morgan fingerprint density at radius 3 is 1.59 bits per heavy atom. The molecule has 0 atom stereocenters. The fourth-order valence-corrected chi connectivity index (χ4v) is 2.24. The summed E-state index contributed by atoms with van der Waals surface area (Å²) in [6.45, 7) is 2.20. The first-order valence-electron chi connectivity index (χ1n) is 5.81. The number of nitrogens with two attached hydrogens (primary N) is 1. The minimum absolute atomic E-state index is 1.33. The Kier molecular flexibility index (Phi) is 3.40. The lowest BCUT2D eigenvalue weighted by Gasteiger charge is -2.06. The number of hydrogen-bond acceptors (Lipinski definition) is 1. The topological polar surface area (TPSA) is 26.0 Å². The summed E-state index contributed by atoms with van der Waals surface area (Å²) >= 11 is 0. The molecule has 0 fully saturated rings. The van der Waals surface area contributed by atoms with Crippen LogP contribution in [0.1, 0.15) is 5.56 Å². The average molecular weight is 223 g/mol. The van der Waals surface area contributed by atoms with Crippen LogP contribution in [-0.4, -0.2) is 7.05 Å². The average Bonchev–Trinajstić information content (AvgIpc) is 2.41. The van der Waals surface area contributed by atoms with Crippen LogP contribution in [0.5, 0.6) is 0 Å². The molecule has 0 saturated carbocycles. The molecule has 1 heteroatoms. The maximum absolute atomic E-state index is 4.50. The van der Waals surface area contributed by atoms with Crippen LogP contribution >= 0.6 is 0 Å². The molecule has 0 aromatic heterocycles. The monoisotopic (exact) mass is 223 g/mol. The molecular formula is C16H17N. The second-order valence-electron chi connectivity index (χ2n) is 3.94. The smallest absolute Gasteiger partial charge is 0.0148 e. The predicted octanol–water partition coefficient (Wildman–Crippen LogP) is 3.88. The third-order valence-corrected chi connectivity index (χ3v) is 3.04. The van der Waals surface area contributed by atoms with Gasteiger partial charge in [-0.2, -0.15) is 0 Å². The SMILES string of the molecule is CN.Cc1c2ccccc2cc2ccccc12. The quantitative estimate of drug-likeness (QED) is 0.575. The number of rotatable bonds is 0. The van der Waals surface area contributed by atoms with Crippen molar-refractivity contribution in [2.75, 3.05) is 7.05 Å². The Hall–Kier alpha value is -1.86. The summed E-state index contributed by atoms with van der Waals surface area (Å²) < 4.78 is 0. The van der Waals surface area contributed by atoms with Gasteiger partial charge in [-0.1, -0.05) is 48.5 Å². The van der Waals surface area contributed by atoms with E-state index in [0.717, 1.165) is 0 Å². The first-order valence-corrected chi connectivity index (χ1v) is 5.81. The molecule has 0 unspecified atom stereocenters. The fraction of sp³-hybridized carbons (Fsp3) is 0.125. The molecule has 0 amide bonds. The van der Waals surface area contributed by atoms with E-state index < -0.39 is 0 Å². The molecule has 0 heterocycles. The van der Waals surface area contributed by atoms with Crippen molar-refractivity contribution in [1.29, 1.82) is 0 Å². The van der Waals surface area contributed by atoms with Crippen LogP contribution in [0.15, 0.2) is 54.6 Å². The van der Waals surface area contributed by atoms with Gasteiger partial charge in [0.15, 0.2) is 0 Å². The van der Waals surface area contributed by atoms with E-state index >= 15 is 0 Å². The molecule has 0 spiro atoms. The van der Waals surface area contributed by atoms with Crippen LogP contribution in [0.4, 0.5) is 0 Å². The predicted molar refractivity (Wildman–Crippen MR) is 76.3 cm³/mol. The number of hydrogen-bond donors (Lipinski definition) is 1. The Morgan fingerprint density at radius 2 is 1.12 bits per heavy atom. The maximum Gasteiger partial charge on any atom is -0.0148 e. The van der Waals surface area contributed by atoms with E-state index in [2.05, 4.69) is 67.3 Å². The van der Waals surface area contributed by atoms with Crippen LogP contribution in [-0.2, 0) is 0 Å². The van der Waals surface area contributed by atoms with Crippen molar-refractivity contribution in [3.05, 3.63) is 60.2 Å². The van der Waals surface area contributed by atoms with E-state index in [1.807, 2.05) is 0 Å². The van der Waals surface area contributed by atoms with Gasteiger partial charge in [-0.05, 0) is 47.1 Å². The first-order chi connectivity index (χ1) is 8.36. The van der Waals surface area contributed by atoms with Gasteiger partial charge in [0.25, 0.3) is 0 Å². The lowest BCUT2D eigenvalue weighted by atomic mass is 9.98. The Morgan fingerprint density at radius 1 is 0.706 bits per heavy atom. The first kappa shape index (κ1) is 11.6. The molecule has 0 aliphatic rings. The highest BCUT2D eigenvalue weighted by Gasteiger charge is 2.01. The maximum atomic E-state index is 4.50. The van der Waals surface area contributed by atoms with Crippen LogP contribution in [0, 0.1) is 6.92 Å². The highest BCUT2D eigenvalue weighted by atomic mass is 14.4. The lowest BCUT2D eigenvalue weighted by Crippen LogP contribution is -1.81. The van der Waals surface area contributed by atoms with Crippen LogP contribution in [0.25, 0.3) is 21.5 Å². The molecule has 3 rings (SSSR count). The zero-order chi connectivity index (χ0) is 12.3. The largest absolute Gasteiger partial charge is 0.333 e. The lowest BCUT2D eigenvalue weighted by molar-refractivity contribution is 1.48. The molecule has 2 N–H and O–H groups in total. The second-order valence-corrected chi connectivity index (χ2v) is 3.94. The van der Waals surface area contributed by atoms with Gasteiger partial charge in [0, 0.05) is 0 Å². The van der Waals surface area contributed by atoms with Crippen molar-refractivity contribution in [1.82, 2.24) is 0 Å². The van der Waals surface area contributed by atoms with Crippen molar-refractivity contribution in [2.24, 2.45) is 5.73 Å². The van der Waals surface area contributed by atoms with Crippen LogP contribution in [0.2, 0.25) is 0 Å². The Balaban J connectivity index is 0.000000514. The van der Waals surface area contributed by atoms with Gasteiger partial charge < -0.3 is 5.73 Å². The summed E-state index contributed by atoms with van der Waals surface area (Å²) in [5, 5.41) is 5.37. The minimum Gasteiger partial charge on any atom is -0.333 e. The summed E-state index contributed by atoms with van der Waals surface area (Å²) in [4.78, 5) is 0. The van der Waals surface area contributed by atoms with Crippen molar-refractivity contribution in [3.63, 3.8) is 0 Å². The highest BCUT2D eigenvalue weighted by molar-refractivity contribution is 6.01. The molecule has 3 aromatic rings. The van der Waals surface area contributed by atoms with Gasteiger partial charge in [-0.3, -0.25) is 0 Å². The molecule has 0 saturated heterocycles. The molecule has 17 heavy (non-hydrogen) atoms. The molecular weight excluding hydrogens is 206 g/mol. The normalized spacial score (nSPS) is 10.1. The molecule has 0 aliphatic carbocycles. The third-order valence-electron chi connectivity index (χ3n) is 3.04. The molecule has 0 bridgehead atoms. The Bertz CT molecular complexity index is 587. The fourth-order valence-electron chi connectivity index (χ4n) is 2.24. The van der Waals surface area contributed by atoms with E-state index in [1.165, 1.54) is 34.2 Å². The van der Waals surface area contributed by atoms with Gasteiger partial charge >= 0.3 is 0 Å². The summed E-state index contributed by atoms with van der Waals surface area (Å²) in [6.07, 6.45) is 0. The van der Waals surface area contributed by atoms with Gasteiger partial charge in [-0.25, -0.2) is 0 Å². The van der Waals surface area contributed by atoms with Crippen molar-refractivity contribution >= 4 is 21.5 Å². The van der Waals surface area contributed by atoms with E-state index in [0.29, 0.717) is 0 Å². The second kappa shape index (κ2) is 4.98. The summed E-state index contributed by atoms with van der Waals surface area (Å²) in [6, 6.07) is 19.4. The minimum atomic E-state index is 1.33. The van der Waals surface area contributed by atoms with Crippen LogP contribution in [0.3, 0.4) is 0 Å². The molecule has 0 aliphatic heterocycles. The van der Waals surface area contributed by atoms with Crippen molar-refractivity contribution in [2.45, 2.75) is 6.92 Å².